The van der Waals surface area contributed by atoms with Gasteiger partial charge in [0.05, 0.1) is 0 Å². The van der Waals surface area contributed by atoms with E-state index in [1.54, 1.807) is 0 Å². The number of aliphatic hydroxyl groups excluding tert-OH is 1. The lowest BCUT2D eigenvalue weighted by Crippen LogP contribution is -2.36. The maximum absolute atomic E-state index is 9.94. The third-order valence-corrected chi connectivity index (χ3v) is 3.86. The first kappa shape index (κ1) is 17.3. The molecule has 1 aromatic rings. The molecule has 0 fully saturated rings. The molecule has 0 aliphatic heterocycles. The van der Waals surface area contributed by atoms with Gasteiger partial charge in [0, 0.05) is 12.6 Å². The lowest BCUT2D eigenvalue weighted by molar-refractivity contribution is 0.103. The van der Waals surface area contributed by atoms with Gasteiger partial charge in [-0.1, -0.05) is 17.7 Å². The second kappa shape index (κ2) is 9.27. The molecule has 0 saturated heterocycles. The molecule has 0 amide bonds. The van der Waals surface area contributed by atoms with Gasteiger partial charge in [-0.2, -0.15) is 11.8 Å². The van der Waals surface area contributed by atoms with Crippen LogP contribution in [0.4, 0.5) is 0 Å². The average Bonchev–Trinajstić information content (AvgIpc) is 2.41. The fourth-order valence-electron chi connectivity index (χ4n) is 1.94. The molecule has 0 bridgehead atoms. The van der Waals surface area contributed by atoms with Gasteiger partial charge in [-0.3, -0.25) is 0 Å². The summed E-state index contributed by atoms with van der Waals surface area (Å²) in [6.45, 7) is 7.13. The van der Waals surface area contributed by atoms with Crippen LogP contribution < -0.4 is 10.1 Å². The van der Waals surface area contributed by atoms with Crippen molar-refractivity contribution >= 4 is 11.8 Å². The lowest BCUT2D eigenvalue weighted by atomic mass is 10.1. The number of thioether (sulfide) groups is 1. The van der Waals surface area contributed by atoms with Gasteiger partial charge >= 0.3 is 0 Å². The van der Waals surface area contributed by atoms with Crippen LogP contribution in [0.2, 0.25) is 0 Å². The fourth-order valence-corrected chi connectivity index (χ4v) is 2.53. The molecule has 0 aromatic heterocycles. The highest BCUT2D eigenvalue weighted by atomic mass is 32.2. The van der Waals surface area contributed by atoms with E-state index in [2.05, 4.69) is 31.5 Å². The number of hydrogen-bond donors (Lipinski definition) is 2. The molecule has 2 unspecified atom stereocenters. The van der Waals surface area contributed by atoms with Gasteiger partial charge in [-0.25, -0.2) is 0 Å². The van der Waals surface area contributed by atoms with Gasteiger partial charge in [0.1, 0.15) is 18.5 Å². The highest BCUT2D eigenvalue weighted by molar-refractivity contribution is 7.98. The van der Waals surface area contributed by atoms with Gasteiger partial charge in [-0.15, -0.1) is 0 Å². The minimum absolute atomic E-state index is 0.326. The predicted octanol–water partition coefficient (Wildman–Crippen LogP) is 2.77. The number of nitrogens with one attached hydrogen (secondary N) is 1. The Kier molecular flexibility index (Phi) is 8.04. The molecule has 3 nitrogen and oxygen atoms in total. The zero-order chi connectivity index (χ0) is 15.0. The van der Waals surface area contributed by atoms with Crippen LogP contribution in [0.15, 0.2) is 18.2 Å². The van der Waals surface area contributed by atoms with E-state index in [-0.39, 0.29) is 0 Å². The molecule has 0 radical (unpaired) electrons. The minimum atomic E-state index is -0.479. The van der Waals surface area contributed by atoms with Gasteiger partial charge in [0.15, 0.2) is 0 Å². The summed E-state index contributed by atoms with van der Waals surface area (Å²) in [5.41, 5.74) is 2.33. The standard InChI is InChI=1S/C16H27NO2S/c1-12-5-6-16(13(2)9-12)19-11-15(18)10-17-14(3)7-8-20-4/h5-6,9,14-15,17-18H,7-8,10-11H2,1-4H3. The maximum atomic E-state index is 9.94. The summed E-state index contributed by atoms with van der Waals surface area (Å²) < 4.78 is 5.67. The highest BCUT2D eigenvalue weighted by Gasteiger charge is 2.09. The average molecular weight is 297 g/mol. The third kappa shape index (κ3) is 6.64. The monoisotopic (exact) mass is 297 g/mol. The van der Waals surface area contributed by atoms with E-state index in [9.17, 15) is 5.11 Å². The first-order chi connectivity index (χ1) is 9.52. The number of hydrogen-bond acceptors (Lipinski definition) is 4. The van der Waals surface area contributed by atoms with Crippen molar-refractivity contribution in [3.63, 3.8) is 0 Å². The van der Waals surface area contributed by atoms with Crippen LogP contribution in [0.1, 0.15) is 24.5 Å². The summed E-state index contributed by atoms with van der Waals surface area (Å²) in [6.07, 6.45) is 2.75. The molecule has 1 aromatic carbocycles. The number of rotatable bonds is 9. The van der Waals surface area contributed by atoms with Crippen LogP contribution in [-0.2, 0) is 0 Å². The Morgan fingerprint density at radius 3 is 2.75 bits per heavy atom. The second-order valence-electron chi connectivity index (χ2n) is 5.32. The molecule has 0 heterocycles. The zero-order valence-electron chi connectivity index (χ0n) is 13.0. The van der Waals surface area contributed by atoms with Crippen LogP contribution >= 0.6 is 11.8 Å². The molecule has 2 atom stereocenters. The summed E-state index contributed by atoms with van der Waals surface area (Å²) in [6, 6.07) is 6.51. The van der Waals surface area contributed by atoms with E-state index >= 15 is 0 Å². The SMILES string of the molecule is CSCCC(C)NCC(O)COc1ccc(C)cc1C. The highest BCUT2D eigenvalue weighted by Crippen LogP contribution is 2.18. The van der Waals surface area contributed by atoms with Gasteiger partial charge < -0.3 is 15.2 Å². The van der Waals surface area contributed by atoms with Crippen molar-refractivity contribution in [3.05, 3.63) is 29.3 Å². The number of ether oxygens (including phenoxy) is 1. The lowest BCUT2D eigenvalue weighted by Gasteiger charge is -2.18. The number of aliphatic hydroxyl groups is 1. The van der Waals surface area contributed by atoms with Crippen LogP contribution in [0.25, 0.3) is 0 Å². The molecule has 0 aliphatic rings. The van der Waals surface area contributed by atoms with E-state index in [0.29, 0.717) is 19.2 Å². The Balaban J connectivity index is 2.27. The van der Waals surface area contributed by atoms with E-state index in [1.165, 1.54) is 5.56 Å². The van der Waals surface area contributed by atoms with E-state index in [0.717, 1.165) is 23.5 Å². The van der Waals surface area contributed by atoms with Crippen molar-refractivity contribution < 1.29 is 9.84 Å². The summed E-state index contributed by atoms with van der Waals surface area (Å²) in [7, 11) is 0. The van der Waals surface area contributed by atoms with Gasteiger partial charge in [0.25, 0.3) is 0 Å². The molecule has 2 N–H and O–H groups in total. The molecule has 1 rings (SSSR count). The predicted molar refractivity (Wildman–Crippen MR) is 87.9 cm³/mol. The Hall–Kier alpha value is -0.710. The van der Waals surface area contributed by atoms with Crippen molar-refractivity contribution in [1.82, 2.24) is 5.32 Å². The quantitative estimate of drug-likeness (QED) is 0.735. The van der Waals surface area contributed by atoms with E-state index < -0.39 is 6.10 Å². The summed E-state index contributed by atoms with van der Waals surface area (Å²) in [4.78, 5) is 0. The first-order valence-electron chi connectivity index (χ1n) is 7.13. The molecular weight excluding hydrogens is 270 g/mol. The van der Waals surface area contributed by atoms with E-state index in [1.807, 2.05) is 30.8 Å². The molecule has 4 heteroatoms. The van der Waals surface area contributed by atoms with Crippen LogP contribution in [0.5, 0.6) is 5.75 Å². The minimum Gasteiger partial charge on any atom is -0.491 e. The molecule has 0 saturated carbocycles. The molecule has 0 spiro atoms. The van der Waals surface area contributed by atoms with Crippen molar-refractivity contribution in [2.24, 2.45) is 0 Å². The van der Waals surface area contributed by atoms with Crippen molar-refractivity contribution in [1.29, 1.82) is 0 Å². The normalized spacial score (nSPS) is 14.1. The Bertz CT molecular complexity index is 398. The van der Waals surface area contributed by atoms with Crippen LogP contribution in [0, 0.1) is 13.8 Å². The second-order valence-corrected chi connectivity index (χ2v) is 6.31. The molecular formula is C16H27NO2S. The first-order valence-corrected chi connectivity index (χ1v) is 8.52. The number of aryl methyl sites for hydroxylation is 2. The Morgan fingerprint density at radius 1 is 1.35 bits per heavy atom. The van der Waals surface area contributed by atoms with Gasteiger partial charge in [0.2, 0.25) is 0 Å². The zero-order valence-corrected chi connectivity index (χ0v) is 13.8. The maximum Gasteiger partial charge on any atom is 0.122 e. The molecule has 0 aliphatic carbocycles. The van der Waals surface area contributed by atoms with Crippen molar-refractivity contribution in [3.8, 4) is 5.75 Å². The van der Waals surface area contributed by atoms with Gasteiger partial charge in [-0.05, 0) is 50.8 Å². The molecule has 114 valence electrons. The van der Waals surface area contributed by atoms with Crippen molar-refractivity contribution in [2.75, 3.05) is 25.2 Å². The topological polar surface area (TPSA) is 41.5 Å². The summed E-state index contributed by atoms with van der Waals surface area (Å²) in [5.74, 6) is 1.99. The van der Waals surface area contributed by atoms with Crippen LogP contribution in [-0.4, -0.2) is 42.4 Å². The Labute approximate surface area is 127 Å². The van der Waals surface area contributed by atoms with Crippen molar-refractivity contribution in [2.45, 2.75) is 39.3 Å². The third-order valence-electron chi connectivity index (χ3n) is 3.22. The summed E-state index contributed by atoms with van der Waals surface area (Å²) in [5, 5.41) is 13.3. The van der Waals surface area contributed by atoms with Crippen LogP contribution in [0.3, 0.4) is 0 Å². The summed E-state index contributed by atoms with van der Waals surface area (Å²) >= 11 is 1.85. The Morgan fingerprint density at radius 2 is 2.10 bits per heavy atom. The number of benzene rings is 1. The molecule has 20 heavy (non-hydrogen) atoms. The van der Waals surface area contributed by atoms with E-state index in [4.69, 9.17) is 4.74 Å². The fraction of sp³-hybridized carbons (Fsp3) is 0.625. The largest absolute Gasteiger partial charge is 0.491 e. The smallest absolute Gasteiger partial charge is 0.122 e.